The van der Waals surface area contributed by atoms with Crippen LogP contribution in [-0.4, -0.2) is 20.2 Å². The van der Waals surface area contributed by atoms with Gasteiger partial charge in [0.2, 0.25) is 0 Å². The van der Waals surface area contributed by atoms with E-state index in [9.17, 15) is 4.39 Å². The van der Waals surface area contributed by atoms with E-state index >= 15 is 0 Å². The molecule has 1 saturated heterocycles. The van der Waals surface area contributed by atoms with Gasteiger partial charge in [-0.1, -0.05) is 12.1 Å². The fraction of sp³-hybridized carbons (Fsp3) is 0.455. The van der Waals surface area contributed by atoms with Crippen molar-refractivity contribution < 1.29 is 9.13 Å². The maximum atomic E-state index is 13.1. The molecule has 2 nitrogen and oxygen atoms in total. The first-order valence-corrected chi connectivity index (χ1v) is 4.79. The van der Waals surface area contributed by atoms with E-state index in [1.54, 1.807) is 19.2 Å². The van der Waals surface area contributed by atoms with E-state index < -0.39 is 0 Å². The molecule has 0 saturated carbocycles. The fourth-order valence-electron chi connectivity index (χ4n) is 1.98. The zero-order valence-electron chi connectivity index (χ0n) is 8.22. The minimum atomic E-state index is -0.331. The Kier molecular flexibility index (Phi) is 2.52. The van der Waals surface area contributed by atoms with Crippen LogP contribution < -0.4 is 5.32 Å². The van der Waals surface area contributed by atoms with Crippen LogP contribution in [0.25, 0.3) is 0 Å². The molecule has 3 heteroatoms. The third-order valence-electron chi connectivity index (χ3n) is 2.86. The molecule has 1 aromatic carbocycles. The first-order chi connectivity index (χ1) is 6.77. The highest BCUT2D eigenvalue weighted by Gasteiger charge is 2.35. The number of ether oxygens (including phenoxy) is 1. The number of halogens is 1. The summed E-state index contributed by atoms with van der Waals surface area (Å²) >= 11 is 0. The number of benzene rings is 1. The van der Waals surface area contributed by atoms with Gasteiger partial charge >= 0.3 is 0 Å². The van der Waals surface area contributed by atoms with Crippen molar-refractivity contribution in [3.05, 3.63) is 35.6 Å². The molecule has 76 valence electrons. The molecular formula is C11H14FNO. The Morgan fingerprint density at radius 1 is 1.50 bits per heavy atom. The van der Waals surface area contributed by atoms with E-state index in [0.717, 1.165) is 25.1 Å². The number of rotatable bonds is 2. The number of hydrogen-bond acceptors (Lipinski definition) is 2. The lowest BCUT2D eigenvalue weighted by atomic mass is 9.93. The van der Waals surface area contributed by atoms with Crippen LogP contribution in [-0.2, 0) is 10.3 Å². The number of methoxy groups -OCH3 is 1. The third kappa shape index (κ3) is 1.53. The second kappa shape index (κ2) is 3.67. The van der Waals surface area contributed by atoms with Gasteiger partial charge in [0.05, 0.1) is 0 Å². The lowest BCUT2D eigenvalue weighted by molar-refractivity contribution is 0.00302. The highest BCUT2D eigenvalue weighted by molar-refractivity contribution is 5.25. The van der Waals surface area contributed by atoms with Crippen LogP contribution in [0.2, 0.25) is 0 Å². The summed E-state index contributed by atoms with van der Waals surface area (Å²) in [5.41, 5.74) is 0.590. The highest BCUT2D eigenvalue weighted by atomic mass is 19.1. The predicted molar refractivity (Wildman–Crippen MR) is 52.6 cm³/mol. The average Bonchev–Trinajstić information content (AvgIpc) is 2.67. The van der Waals surface area contributed by atoms with Gasteiger partial charge in [-0.05, 0) is 30.7 Å². The summed E-state index contributed by atoms with van der Waals surface area (Å²) in [6, 6.07) is 6.65. The van der Waals surface area contributed by atoms with Crippen LogP contribution in [0.3, 0.4) is 0 Å². The Bertz CT molecular complexity index is 321. The van der Waals surface area contributed by atoms with Crippen molar-refractivity contribution in [2.45, 2.75) is 12.0 Å². The molecule has 1 fully saturated rings. The molecule has 1 atom stereocenters. The van der Waals surface area contributed by atoms with E-state index in [-0.39, 0.29) is 11.4 Å². The molecule has 1 aliphatic rings. The summed E-state index contributed by atoms with van der Waals surface area (Å²) in [6.45, 7) is 1.68. The molecule has 1 heterocycles. The summed E-state index contributed by atoms with van der Waals surface area (Å²) in [7, 11) is 1.68. The molecule has 0 aliphatic carbocycles. The highest BCUT2D eigenvalue weighted by Crippen LogP contribution is 2.31. The van der Waals surface area contributed by atoms with Crippen LogP contribution in [0.15, 0.2) is 24.3 Å². The van der Waals surface area contributed by atoms with E-state index in [2.05, 4.69) is 5.32 Å². The molecule has 1 N–H and O–H groups in total. The summed E-state index contributed by atoms with van der Waals surface area (Å²) in [5, 5.41) is 3.23. The van der Waals surface area contributed by atoms with Crippen LogP contribution >= 0.6 is 0 Å². The minimum absolute atomic E-state index is 0.203. The maximum absolute atomic E-state index is 13.1. The Labute approximate surface area is 83.1 Å². The van der Waals surface area contributed by atoms with E-state index in [4.69, 9.17) is 4.74 Å². The standard InChI is InChI=1S/C11H14FNO/c1-14-11(5-6-13-8-11)9-3-2-4-10(12)7-9/h2-4,7,13H,5-6,8H2,1H3. The van der Waals surface area contributed by atoms with Crippen molar-refractivity contribution in [2.24, 2.45) is 0 Å². The van der Waals surface area contributed by atoms with Gasteiger partial charge in [0.1, 0.15) is 11.4 Å². The second-order valence-electron chi connectivity index (χ2n) is 3.64. The van der Waals surface area contributed by atoms with Gasteiger partial charge in [0.25, 0.3) is 0 Å². The lowest BCUT2D eigenvalue weighted by Crippen LogP contribution is -2.31. The maximum Gasteiger partial charge on any atom is 0.123 e. The lowest BCUT2D eigenvalue weighted by Gasteiger charge is -2.27. The third-order valence-corrected chi connectivity index (χ3v) is 2.86. The summed E-state index contributed by atoms with van der Waals surface area (Å²) in [4.78, 5) is 0. The Balaban J connectivity index is 2.35. The smallest absolute Gasteiger partial charge is 0.123 e. The van der Waals surface area contributed by atoms with Crippen LogP contribution in [0.4, 0.5) is 4.39 Å². The first-order valence-electron chi connectivity index (χ1n) is 4.79. The van der Waals surface area contributed by atoms with Crippen LogP contribution in [0, 0.1) is 5.82 Å². The Morgan fingerprint density at radius 2 is 2.36 bits per heavy atom. The van der Waals surface area contributed by atoms with Crippen LogP contribution in [0.5, 0.6) is 0 Å². The van der Waals surface area contributed by atoms with Gasteiger partial charge in [0, 0.05) is 13.7 Å². The van der Waals surface area contributed by atoms with E-state index in [1.807, 2.05) is 6.07 Å². The Hall–Kier alpha value is -0.930. The quantitative estimate of drug-likeness (QED) is 0.775. The summed E-state index contributed by atoms with van der Waals surface area (Å²) in [6.07, 6.45) is 0.896. The van der Waals surface area contributed by atoms with Gasteiger partial charge in [0.15, 0.2) is 0 Å². The molecule has 0 radical (unpaired) electrons. The fourth-order valence-corrected chi connectivity index (χ4v) is 1.98. The molecule has 2 rings (SSSR count). The van der Waals surface area contributed by atoms with Gasteiger partial charge in [-0.2, -0.15) is 0 Å². The summed E-state index contributed by atoms with van der Waals surface area (Å²) in [5.74, 6) is -0.203. The van der Waals surface area contributed by atoms with Gasteiger partial charge in [-0.15, -0.1) is 0 Å². The summed E-state index contributed by atoms with van der Waals surface area (Å²) < 4.78 is 18.6. The number of nitrogens with one attached hydrogen (secondary N) is 1. The van der Waals surface area contributed by atoms with Crippen molar-refractivity contribution >= 4 is 0 Å². The predicted octanol–water partition coefficient (Wildman–Crippen LogP) is 1.66. The van der Waals surface area contributed by atoms with E-state index in [1.165, 1.54) is 6.07 Å². The molecule has 0 bridgehead atoms. The van der Waals surface area contributed by atoms with Gasteiger partial charge < -0.3 is 10.1 Å². The molecule has 0 spiro atoms. The first kappa shape index (κ1) is 9.62. The molecule has 0 amide bonds. The number of hydrogen-bond donors (Lipinski definition) is 1. The molecular weight excluding hydrogens is 181 g/mol. The topological polar surface area (TPSA) is 21.3 Å². The second-order valence-corrected chi connectivity index (χ2v) is 3.64. The molecule has 0 aromatic heterocycles. The van der Waals surface area contributed by atoms with Crippen molar-refractivity contribution in [2.75, 3.05) is 20.2 Å². The normalized spacial score (nSPS) is 26.7. The average molecular weight is 195 g/mol. The van der Waals surface area contributed by atoms with Crippen molar-refractivity contribution in [3.8, 4) is 0 Å². The van der Waals surface area contributed by atoms with Gasteiger partial charge in [-0.25, -0.2) is 4.39 Å². The monoisotopic (exact) mass is 195 g/mol. The van der Waals surface area contributed by atoms with Crippen molar-refractivity contribution in [1.82, 2.24) is 5.32 Å². The molecule has 1 unspecified atom stereocenters. The largest absolute Gasteiger partial charge is 0.372 e. The van der Waals surface area contributed by atoms with Crippen molar-refractivity contribution in [3.63, 3.8) is 0 Å². The molecule has 1 aromatic rings. The zero-order chi connectivity index (χ0) is 10.0. The SMILES string of the molecule is COC1(c2cccc(F)c2)CCNC1. The van der Waals surface area contributed by atoms with Gasteiger partial charge in [-0.3, -0.25) is 0 Å². The van der Waals surface area contributed by atoms with Crippen LogP contribution in [0.1, 0.15) is 12.0 Å². The molecule has 1 aliphatic heterocycles. The minimum Gasteiger partial charge on any atom is -0.372 e. The van der Waals surface area contributed by atoms with Crippen molar-refractivity contribution in [1.29, 1.82) is 0 Å². The Morgan fingerprint density at radius 3 is 2.93 bits per heavy atom. The van der Waals surface area contributed by atoms with E-state index in [0.29, 0.717) is 0 Å². The molecule has 14 heavy (non-hydrogen) atoms. The zero-order valence-corrected chi connectivity index (χ0v) is 8.22.